The highest BCUT2D eigenvalue weighted by Crippen LogP contribution is 2.19. The van der Waals surface area contributed by atoms with Crippen LogP contribution in [0.3, 0.4) is 0 Å². The third-order valence-corrected chi connectivity index (χ3v) is 4.56. The molecule has 0 saturated heterocycles. The molecule has 0 aliphatic rings. The molecule has 0 radical (unpaired) electrons. The average molecular weight is 323 g/mol. The zero-order chi connectivity index (χ0) is 18.6. The third-order valence-electron chi connectivity index (χ3n) is 4.56. The standard InChI is InChI=1S/C21H27BO2/c1-8-9-22(20-14(2)10-18(23-6)11-15(20)3)21-16(4)12-19(24-7)13-17(21)5/h8-13H,1-7H3/b9-8+/i1D. The van der Waals surface area contributed by atoms with Crippen LogP contribution in [0.15, 0.2) is 36.3 Å². The second-order valence-corrected chi connectivity index (χ2v) is 6.26. The van der Waals surface area contributed by atoms with Crippen molar-refractivity contribution in [1.29, 1.82) is 0 Å². The van der Waals surface area contributed by atoms with Crippen molar-refractivity contribution in [3.63, 3.8) is 0 Å². The highest BCUT2D eigenvalue weighted by molar-refractivity contribution is 6.90. The largest absolute Gasteiger partial charge is 0.497 e. The number of ether oxygens (including phenoxy) is 2. The molecular weight excluding hydrogens is 295 g/mol. The van der Waals surface area contributed by atoms with E-state index in [0.29, 0.717) is 0 Å². The SMILES string of the molecule is [2H]C/C=C/B(c1c(C)cc(OC)cc1C)c1c(C)cc(OC)cc1C. The zero-order valence-electron chi connectivity index (χ0n) is 16.6. The van der Waals surface area contributed by atoms with E-state index in [2.05, 4.69) is 57.9 Å². The van der Waals surface area contributed by atoms with Crippen molar-refractivity contribution in [3.05, 3.63) is 58.6 Å². The van der Waals surface area contributed by atoms with Crippen molar-refractivity contribution in [1.82, 2.24) is 0 Å². The first kappa shape index (κ1) is 16.7. The van der Waals surface area contributed by atoms with Crippen LogP contribution in [0.1, 0.15) is 30.5 Å². The van der Waals surface area contributed by atoms with Gasteiger partial charge >= 0.3 is 0 Å². The molecule has 0 unspecified atom stereocenters. The number of hydrogen-bond donors (Lipinski definition) is 0. The molecular formula is C21H27BO2. The molecule has 0 bridgehead atoms. The van der Waals surface area contributed by atoms with E-state index in [4.69, 9.17) is 10.8 Å². The number of rotatable bonds is 5. The second-order valence-electron chi connectivity index (χ2n) is 6.26. The molecule has 0 saturated carbocycles. The topological polar surface area (TPSA) is 18.5 Å². The summed E-state index contributed by atoms with van der Waals surface area (Å²) in [7, 11) is 3.40. The van der Waals surface area contributed by atoms with Crippen molar-refractivity contribution in [2.75, 3.05) is 14.2 Å². The van der Waals surface area contributed by atoms with Crippen LogP contribution in [0.25, 0.3) is 0 Å². The van der Waals surface area contributed by atoms with Gasteiger partial charge in [0.2, 0.25) is 6.71 Å². The number of aryl methyl sites for hydroxylation is 4. The molecule has 0 atom stereocenters. The highest BCUT2D eigenvalue weighted by atomic mass is 16.5. The number of methoxy groups -OCH3 is 2. The van der Waals surface area contributed by atoms with Gasteiger partial charge in [-0.2, -0.15) is 0 Å². The molecule has 0 spiro atoms. The summed E-state index contributed by atoms with van der Waals surface area (Å²) < 4.78 is 18.4. The van der Waals surface area contributed by atoms with Crippen LogP contribution in [0, 0.1) is 27.7 Å². The van der Waals surface area contributed by atoms with Crippen molar-refractivity contribution in [3.8, 4) is 11.5 Å². The molecule has 0 amide bonds. The van der Waals surface area contributed by atoms with Gasteiger partial charge in [0.1, 0.15) is 11.5 Å². The Labute approximate surface area is 148 Å². The fourth-order valence-electron chi connectivity index (χ4n) is 3.56. The Balaban J connectivity index is 2.69. The van der Waals surface area contributed by atoms with Gasteiger partial charge in [-0.1, -0.05) is 39.3 Å². The van der Waals surface area contributed by atoms with Crippen LogP contribution < -0.4 is 20.4 Å². The molecule has 0 aromatic heterocycles. The Morgan fingerprint density at radius 3 is 1.46 bits per heavy atom. The average Bonchev–Trinajstić information content (AvgIpc) is 2.57. The van der Waals surface area contributed by atoms with Crippen LogP contribution in [0.2, 0.25) is 0 Å². The fraction of sp³-hybridized carbons (Fsp3) is 0.333. The van der Waals surface area contributed by atoms with Gasteiger partial charge in [0.25, 0.3) is 0 Å². The first-order valence-electron chi connectivity index (χ1n) is 8.89. The Bertz CT molecular complexity index is 678. The maximum absolute atomic E-state index is 7.54. The second kappa shape index (κ2) is 7.61. The minimum atomic E-state index is 0.113. The molecule has 0 fully saturated rings. The highest BCUT2D eigenvalue weighted by Gasteiger charge is 2.24. The van der Waals surface area contributed by atoms with Gasteiger partial charge in [0, 0.05) is 1.37 Å². The Morgan fingerprint density at radius 2 is 1.17 bits per heavy atom. The lowest BCUT2D eigenvalue weighted by Crippen LogP contribution is -2.46. The minimum absolute atomic E-state index is 0.113. The van der Waals surface area contributed by atoms with Gasteiger partial charge in [0.05, 0.1) is 14.2 Å². The van der Waals surface area contributed by atoms with Crippen LogP contribution in [0.5, 0.6) is 11.5 Å². The van der Waals surface area contributed by atoms with Crippen LogP contribution >= 0.6 is 0 Å². The van der Waals surface area contributed by atoms with Crippen molar-refractivity contribution in [2.24, 2.45) is 0 Å². The van der Waals surface area contributed by atoms with Gasteiger partial charge in [0.15, 0.2) is 0 Å². The summed E-state index contributed by atoms with van der Waals surface area (Å²) in [5.41, 5.74) is 7.36. The smallest absolute Gasteiger partial charge is 0.235 e. The van der Waals surface area contributed by atoms with Gasteiger partial charge in [-0.05, 0) is 58.9 Å². The number of allylic oxidation sites excluding steroid dienone is 1. The maximum atomic E-state index is 7.54. The first-order chi connectivity index (χ1) is 11.9. The summed E-state index contributed by atoms with van der Waals surface area (Å²) in [5.74, 6) is 3.91. The summed E-state index contributed by atoms with van der Waals surface area (Å²) in [6, 6.07) is 8.33. The lowest BCUT2D eigenvalue weighted by atomic mass is 9.37. The Hall–Kier alpha value is -2.16. The third kappa shape index (κ3) is 3.50. The van der Waals surface area contributed by atoms with E-state index in [9.17, 15) is 0 Å². The number of benzene rings is 2. The predicted molar refractivity (Wildman–Crippen MR) is 105 cm³/mol. The molecule has 3 heteroatoms. The van der Waals surface area contributed by atoms with E-state index < -0.39 is 0 Å². The van der Waals surface area contributed by atoms with Crippen LogP contribution in [-0.4, -0.2) is 20.9 Å². The predicted octanol–water partition coefficient (Wildman–Crippen LogP) is 3.66. The maximum Gasteiger partial charge on any atom is 0.235 e. The van der Waals surface area contributed by atoms with Crippen LogP contribution in [-0.2, 0) is 0 Å². The summed E-state index contributed by atoms with van der Waals surface area (Å²) >= 11 is 0. The molecule has 0 heterocycles. The molecule has 2 aromatic carbocycles. The van der Waals surface area contributed by atoms with E-state index >= 15 is 0 Å². The van der Waals surface area contributed by atoms with E-state index in [1.165, 1.54) is 33.2 Å². The molecule has 0 aliphatic carbocycles. The summed E-state index contributed by atoms with van der Waals surface area (Å²) in [6.07, 6.45) is 1.93. The molecule has 0 N–H and O–H groups in total. The molecule has 2 rings (SSSR count). The van der Waals surface area contributed by atoms with Gasteiger partial charge in [-0.3, -0.25) is 0 Å². The van der Waals surface area contributed by atoms with Gasteiger partial charge in [-0.25, -0.2) is 0 Å². The lowest BCUT2D eigenvalue weighted by Gasteiger charge is -2.22. The normalized spacial score (nSPS) is 11.5. The first-order valence-corrected chi connectivity index (χ1v) is 8.19. The van der Waals surface area contributed by atoms with E-state index in [0.717, 1.165) is 11.5 Å². The minimum Gasteiger partial charge on any atom is -0.497 e. The van der Waals surface area contributed by atoms with E-state index in [1.807, 2.05) is 6.08 Å². The van der Waals surface area contributed by atoms with Crippen molar-refractivity contribution >= 4 is 17.6 Å². The molecule has 126 valence electrons. The Kier molecular flexibility index (Phi) is 5.29. The van der Waals surface area contributed by atoms with Gasteiger partial charge < -0.3 is 9.47 Å². The van der Waals surface area contributed by atoms with E-state index in [-0.39, 0.29) is 13.6 Å². The van der Waals surface area contributed by atoms with Crippen molar-refractivity contribution in [2.45, 2.75) is 34.6 Å². The molecule has 2 nitrogen and oxygen atoms in total. The lowest BCUT2D eigenvalue weighted by molar-refractivity contribution is 0.414. The fourth-order valence-corrected chi connectivity index (χ4v) is 3.56. The quantitative estimate of drug-likeness (QED) is 0.782. The summed E-state index contributed by atoms with van der Waals surface area (Å²) in [4.78, 5) is 0. The zero-order valence-corrected chi connectivity index (χ0v) is 15.6. The van der Waals surface area contributed by atoms with Crippen LogP contribution in [0.4, 0.5) is 0 Å². The molecule has 24 heavy (non-hydrogen) atoms. The number of hydrogen-bond acceptors (Lipinski definition) is 2. The van der Waals surface area contributed by atoms with Gasteiger partial charge in [-0.15, -0.1) is 5.98 Å². The Morgan fingerprint density at radius 1 is 0.792 bits per heavy atom. The molecule has 0 aliphatic heterocycles. The molecule has 2 aromatic rings. The summed E-state index contributed by atoms with van der Waals surface area (Å²) in [5, 5.41) is 0. The van der Waals surface area contributed by atoms with Crippen molar-refractivity contribution < 1.29 is 10.8 Å². The van der Waals surface area contributed by atoms with E-state index in [1.54, 1.807) is 14.2 Å². The summed E-state index contributed by atoms with van der Waals surface area (Å²) in [6.45, 7) is 8.89. The monoisotopic (exact) mass is 323 g/mol.